The first kappa shape index (κ1) is 26.2. The van der Waals surface area contributed by atoms with Gasteiger partial charge < -0.3 is 29.0 Å². The van der Waals surface area contributed by atoms with Crippen molar-refractivity contribution in [2.75, 3.05) is 79.8 Å². The lowest BCUT2D eigenvalue weighted by atomic mass is 10.1. The lowest BCUT2D eigenvalue weighted by Crippen LogP contribution is -2.54. The van der Waals surface area contributed by atoms with E-state index in [2.05, 4.69) is 9.80 Å². The second-order valence-corrected chi connectivity index (χ2v) is 9.19. The van der Waals surface area contributed by atoms with E-state index in [1.54, 1.807) is 14.2 Å². The zero-order valence-electron chi connectivity index (χ0n) is 21.2. The second-order valence-electron chi connectivity index (χ2n) is 9.19. The molecule has 2 heterocycles. The fourth-order valence-corrected chi connectivity index (χ4v) is 4.69. The summed E-state index contributed by atoms with van der Waals surface area (Å²) in [7, 11) is 3.21. The van der Waals surface area contributed by atoms with E-state index in [0.717, 1.165) is 38.5 Å². The van der Waals surface area contributed by atoms with E-state index in [-0.39, 0.29) is 18.6 Å². The number of aliphatic hydroxyl groups excluding tert-OH is 1. The van der Waals surface area contributed by atoms with Crippen LogP contribution in [0, 0.1) is 0 Å². The predicted molar refractivity (Wildman–Crippen MR) is 136 cm³/mol. The Bertz CT molecular complexity index is 964. The van der Waals surface area contributed by atoms with E-state index in [9.17, 15) is 9.90 Å². The minimum absolute atomic E-state index is 0.0121. The van der Waals surface area contributed by atoms with Crippen LogP contribution >= 0.6 is 0 Å². The predicted octanol–water partition coefficient (Wildman–Crippen LogP) is 1.60. The largest absolute Gasteiger partial charge is 0.497 e. The first-order chi connectivity index (χ1) is 17.6. The van der Waals surface area contributed by atoms with Crippen LogP contribution in [0.1, 0.15) is 10.4 Å². The Morgan fingerprint density at radius 2 is 1.69 bits per heavy atom. The molecular formula is C27H37N3O6. The van der Waals surface area contributed by atoms with Gasteiger partial charge in [-0.25, -0.2) is 0 Å². The third-order valence-electron chi connectivity index (χ3n) is 6.65. The number of piperazine rings is 1. The van der Waals surface area contributed by atoms with Crippen LogP contribution in [0.5, 0.6) is 17.2 Å². The third kappa shape index (κ3) is 7.10. The maximum atomic E-state index is 13.0. The molecule has 2 aromatic carbocycles. The first-order valence-corrected chi connectivity index (χ1v) is 12.5. The van der Waals surface area contributed by atoms with Crippen molar-refractivity contribution in [2.24, 2.45) is 0 Å². The Morgan fingerprint density at radius 3 is 2.42 bits per heavy atom. The van der Waals surface area contributed by atoms with Crippen molar-refractivity contribution in [3.63, 3.8) is 0 Å². The number of hydrogen-bond acceptors (Lipinski definition) is 8. The van der Waals surface area contributed by atoms with Crippen LogP contribution < -0.4 is 14.2 Å². The average Bonchev–Trinajstić information content (AvgIpc) is 2.92. The van der Waals surface area contributed by atoms with Gasteiger partial charge in [-0.3, -0.25) is 14.6 Å². The number of amides is 1. The normalized spacial score (nSPS) is 20.1. The highest BCUT2D eigenvalue weighted by atomic mass is 16.5. The second kappa shape index (κ2) is 12.9. The van der Waals surface area contributed by atoms with Gasteiger partial charge in [0.25, 0.3) is 5.91 Å². The molecule has 196 valence electrons. The zero-order chi connectivity index (χ0) is 25.3. The van der Waals surface area contributed by atoms with Crippen molar-refractivity contribution in [1.82, 2.24) is 14.7 Å². The van der Waals surface area contributed by atoms with Crippen LogP contribution in [-0.4, -0.2) is 118 Å². The molecule has 0 spiro atoms. The van der Waals surface area contributed by atoms with Gasteiger partial charge in [-0.1, -0.05) is 12.1 Å². The summed E-state index contributed by atoms with van der Waals surface area (Å²) < 4.78 is 22.2. The number of aliphatic hydroxyl groups is 1. The molecule has 1 amide bonds. The zero-order valence-corrected chi connectivity index (χ0v) is 21.2. The quantitative estimate of drug-likeness (QED) is 0.528. The molecule has 2 atom stereocenters. The SMILES string of the molecule is COc1ccc(OCC(O)CN2CCOC(CN3CCN(C(=O)c4ccccc4OC)CC3)C2)cc1. The van der Waals surface area contributed by atoms with E-state index >= 15 is 0 Å². The van der Waals surface area contributed by atoms with Crippen molar-refractivity contribution >= 4 is 5.91 Å². The fraction of sp³-hybridized carbons (Fsp3) is 0.519. The number of methoxy groups -OCH3 is 2. The molecule has 9 nitrogen and oxygen atoms in total. The molecule has 0 aromatic heterocycles. The van der Waals surface area contributed by atoms with Gasteiger partial charge >= 0.3 is 0 Å². The lowest BCUT2D eigenvalue weighted by molar-refractivity contribution is -0.0591. The number of para-hydroxylation sites is 1. The third-order valence-corrected chi connectivity index (χ3v) is 6.65. The van der Waals surface area contributed by atoms with Gasteiger partial charge in [-0.15, -0.1) is 0 Å². The summed E-state index contributed by atoms with van der Waals surface area (Å²) in [5, 5.41) is 10.5. The number of benzene rings is 2. The summed E-state index contributed by atoms with van der Waals surface area (Å²) >= 11 is 0. The number of carbonyl (C=O) groups excluding carboxylic acids is 1. The number of ether oxygens (including phenoxy) is 4. The summed E-state index contributed by atoms with van der Waals surface area (Å²) in [6.07, 6.45) is -0.514. The Morgan fingerprint density at radius 1 is 0.972 bits per heavy atom. The molecule has 2 aliphatic rings. The Hall–Kier alpha value is -2.85. The van der Waals surface area contributed by atoms with Crippen LogP contribution in [-0.2, 0) is 4.74 Å². The summed E-state index contributed by atoms with van der Waals surface area (Å²) in [6.45, 7) is 6.74. The van der Waals surface area contributed by atoms with Crippen LogP contribution in [0.15, 0.2) is 48.5 Å². The van der Waals surface area contributed by atoms with Gasteiger partial charge in [0.2, 0.25) is 0 Å². The molecule has 2 unspecified atom stereocenters. The molecule has 0 saturated carbocycles. The van der Waals surface area contributed by atoms with Crippen molar-refractivity contribution < 1.29 is 28.8 Å². The number of β-amino-alcohol motifs (C(OH)–C–C–N with tert-alkyl or cyclic N) is 1. The van der Waals surface area contributed by atoms with Gasteiger partial charge in [0.1, 0.15) is 30.0 Å². The Balaban J connectivity index is 1.18. The van der Waals surface area contributed by atoms with Crippen molar-refractivity contribution in [3.8, 4) is 17.2 Å². The maximum absolute atomic E-state index is 13.0. The van der Waals surface area contributed by atoms with E-state index < -0.39 is 6.10 Å². The van der Waals surface area contributed by atoms with Crippen LogP contribution in [0.4, 0.5) is 0 Å². The molecule has 1 N–H and O–H groups in total. The molecule has 4 rings (SSSR count). The smallest absolute Gasteiger partial charge is 0.257 e. The monoisotopic (exact) mass is 499 g/mol. The molecule has 0 radical (unpaired) electrons. The lowest BCUT2D eigenvalue weighted by Gasteiger charge is -2.39. The molecule has 2 saturated heterocycles. The molecular weight excluding hydrogens is 462 g/mol. The van der Waals surface area contributed by atoms with E-state index in [4.69, 9.17) is 18.9 Å². The summed E-state index contributed by atoms with van der Waals surface area (Å²) in [6, 6.07) is 14.7. The fourth-order valence-electron chi connectivity index (χ4n) is 4.69. The highest BCUT2D eigenvalue weighted by Crippen LogP contribution is 2.21. The molecule has 0 aliphatic carbocycles. The van der Waals surface area contributed by atoms with Gasteiger partial charge in [0, 0.05) is 52.4 Å². The minimum atomic E-state index is -0.588. The molecule has 2 aliphatic heterocycles. The van der Waals surface area contributed by atoms with Gasteiger partial charge in [0.05, 0.1) is 32.5 Å². The average molecular weight is 500 g/mol. The Labute approximate surface area is 213 Å². The summed E-state index contributed by atoms with van der Waals surface area (Å²) in [5.74, 6) is 2.10. The van der Waals surface area contributed by atoms with Crippen LogP contribution in [0.2, 0.25) is 0 Å². The highest BCUT2D eigenvalue weighted by Gasteiger charge is 2.28. The Kier molecular flexibility index (Phi) is 9.41. The number of hydrogen-bond donors (Lipinski definition) is 1. The van der Waals surface area contributed by atoms with Gasteiger partial charge in [0.15, 0.2) is 0 Å². The molecule has 2 aromatic rings. The molecule has 9 heteroatoms. The number of morpholine rings is 1. The van der Waals surface area contributed by atoms with Gasteiger partial charge in [-0.05, 0) is 36.4 Å². The summed E-state index contributed by atoms with van der Waals surface area (Å²) in [5.41, 5.74) is 0.606. The standard InChI is InChI=1S/C27H37N3O6/c1-33-22-7-9-23(10-8-22)36-20-21(31)17-29-15-16-35-24(19-29)18-28-11-13-30(14-12-28)27(32)25-5-3-4-6-26(25)34-2/h3-10,21,24,31H,11-20H2,1-2H3. The molecule has 36 heavy (non-hydrogen) atoms. The maximum Gasteiger partial charge on any atom is 0.257 e. The highest BCUT2D eigenvalue weighted by molar-refractivity contribution is 5.97. The molecule has 0 bridgehead atoms. The van der Waals surface area contributed by atoms with E-state index in [1.807, 2.05) is 53.4 Å². The van der Waals surface area contributed by atoms with Crippen molar-refractivity contribution in [1.29, 1.82) is 0 Å². The van der Waals surface area contributed by atoms with Crippen LogP contribution in [0.25, 0.3) is 0 Å². The van der Waals surface area contributed by atoms with Crippen molar-refractivity contribution in [2.45, 2.75) is 12.2 Å². The first-order valence-electron chi connectivity index (χ1n) is 12.5. The van der Waals surface area contributed by atoms with E-state index in [1.165, 1.54) is 0 Å². The summed E-state index contributed by atoms with van der Waals surface area (Å²) in [4.78, 5) is 19.4. The van der Waals surface area contributed by atoms with E-state index in [0.29, 0.717) is 43.3 Å². The minimum Gasteiger partial charge on any atom is -0.497 e. The number of rotatable bonds is 10. The van der Waals surface area contributed by atoms with Gasteiger partial charge in [-0.2, -0.15) is 0 Å². The van der Waals surface area contributed by atoms with Crippen molar-refractivity contribution in [3.05, 3.63) is 54.1 Å². The topological polar surface area (TPSA) is 83.9 Å². The van der Waals surface area contributed by atoms with Crippen LogP contribution in [0.3, 0.4) is 0 Å². The molecule has 2 fully saturated rings. The number of carbonyl (C=O) groups is 1. The number of nitrogens with zero attached hydrogens (tertiary/aromatic N) is 3.